The molecule has 1 fully saturated rings. The van der Waals surface area contributed by atoms with Crippen LogP contribution in [0.25, 0.3) is 0 Å². The van der Waals surface area contributed by atoms with E-state index in [0.717, 1.165) is 19.3 Å². The van der Waals surface area contributed by atoms with E-state index in [1.807, 2.05) is 0 Å². The topological polar surface area (TPSA) is 26.3 Å². The van der Waals surface area contributed by atoms with Crippen LogP contribution in [0.2, 0.25) is 0 Å². The summed E-state index contributed by atoms with van der Waals surface area (Å²) in [5.74, 6) is 0.00217. The van der Waals surface area contributed by atoms with Gasteiger partial charge in [-0.1, -0.05) is 33.1 Å². The number of hydrogen-bond donors (Lipinski definition) is 0. The lowest BCUT2D eigenvalue weighted by Crippen LogP contribution is -2.27. The molecule has 0 saturated carbocycles. The predicted molar refractivity (Wildman–Crippen MR) is 57.1 cm³/mol. The molecule has 0 aromatic rings. The SMILES string of the molecule is CCCCCCC1(CC)CCC(=O)O1. The summed E-state index contributed by atoms with van der Waals surface area (Å²) < 4.78 is 5.44. The van der Waals surface area contributed by atoms with E-state index in [1.54, 1.807) is 0 Å². The molecule has 2 nitrogen and oxygen atoms in total. The molecule has 0 N–H and O–H groups in total. The summed E-state index contributed by atoms with van der Waals surface area (Å²) in [5, 5.41) is 0. The van der Waals surface area contributed by atoms with Gasteiger partial charge >= 0.3 is 5.97 Å². The Bertz CT molecular complexity index is 189. The maximum Gasteiger partial charge on any atom is 0.306 e. The van der Waals surface area contributed by atoms with Gasteiger partial charge in [0.1, 0.15) is 5.60 Å². The summed E-state index contributed by atoms with van der Waals surface area (Å²) in [7, 11) is 0. The molecular formula is C12H22O2. The quantitative estimate of drug-likeness (QED) is 0.482. The van der Waals surface area contributed by atoms with Crippen LogP contribution in [0, 0.1) is 0 Å². The van der Waals surface area contributed by atoms with Crippen molar-refractivity contribution in [1.29, 1.82) is 0 Å². The van der Waals surface area contributed by atoms with Crippen molar-refractivity contribution in [1.82, 2.24) is 0 Å². The van der Waals surface area contributed by atoms with Crippen LogP contribution in [0.3, 0.4) is 0 Å². The van der Waals surface area contributed by atoms with Gasteiger partial charge in [-0.25, -0.2) is 0 Å². The number of cyclic esters (lactones) is 1. The minimum absolute atomic E-state index is 0.00217. The molecule has 1 aliphatic rings. The van der Waals surface area contributed by atoms with Crippen LogP contribution in [-0.2, 0) is 9.53 Å². The van der Waals surface area contributed by atoms with Crippen LogP contribution >= 0.6 is 0 Å². The lowest BCUT2D eigenvalue weighted by molar-refractivity contribution is -0.149. The number of hydrogen-bond acceptors (Lipinski definition) is 2. The van der Waals surface area contributed by atoms with E-state index in [2.05, 4.69) is 13.8 Å². The monoisotopic (exact) mass is 198 g/mol. The number of esters is 1. The van der Waals surface area contributed by atoms with Crippen molar-refractivity contribution >= 4 is 5.97 Å². The maximum absolute atomic E-state index is 11.1. The highest BCUT2D eigenvalue weighted by Crippen LogP contribution is 2.34. The van der Waals surface area contributed by atoms with Crippen LogP contribution < -0.4 is 0 Å². The van der Waals surface area contributed by atoms with Gasteiger partial charge in [0.15, 0.2) is 0 Å². The Balaban J connectivity index is 2.28. The summed E-state index contributed by atoms with van der Waals surface area (Å²) in [6.07, 6.45) is 8.65. The van der Waals surface area contributed by atoms with Gasteiger partial charge in [-0.05, 0) is 25.7 Å². The Labute approximate surface area is 87.0 Å². The van der Waals surface area contributed by atoms with E-state index >= 15 is 0 Å². The van der Waals surface area contributed by atoms with Crippen molar-refractivity contribution in [2.45, 2.75) is 70.8 Å². The molecule has 0 amide bonds. The van der Waals surface area contributed by atoms with Crippen molar-refractivity contribution in [3.63, 3.8) is 0 Å². The fourth-order valence-corrected chi connectivity index (χ4v) is 2.15. The second-order valence-corrected chi connectivity index (χ2v) is 4.32. The zero-order valence-electron chi connectivity index (χ0n) is 9.47. The average molecular weight is 198 g/mol. The number of carbonyl (C=O) groups is 1. The van der Waals surface area contributed by atoms with Crippen LogP contribution in [0.15, 0.2) is 0 Å². The van der Waals surface area contributed by atoms with Crippen LogP contribution in [-0.4, -0.2) is 11.6 Å². The molecule has 1 saturated heterocycles. The summed E-state index contributed by atoms with van der Waals surface area (Å²) in [5.41, 5.74) is -0.0924. The van der Waals surface area contributed by atoms with Crippen molar-refractivity contribution in [2.24, 2.45) is 0 Å². The summed E-state index contributed by atoms with van der Waals surface area (Å²) >= 11 is 0. The highest BCUT2D eigenvalue weighted by molar-refractivity contribution is 5.72. The molecule has 0 aromatic carbocycles. The van der Waals surface area contributed by atoms with E-state index in [9.17, 15) is 4.79 Å². The molecule has 0 aliphatic carbocycles. The molecule has 82 valence electrons. The molecule has 2 heteroatoms. The third-order valence-corrected chi connectivity index (χ3v) is 3.25. The lowest BCUT2D eigenvalue weighted by atomic mass is 9.90. The van der Waals surface area contributed by atoms with Crippen molar-refractivity contribution in [3.8, 4) is 0 Å². The molecule has 0 bridgehead atoms. The Morgan fingerprint density at radius 2 is 2.07 bits per heavy atom. The molecule has 0 spiro atoms. The fraction of sp³-hybridized carbons (Fsp3) is 0.917. The third-order valence-electron chi connectivity index (χ3n) is 3.25. The molecule has 1 atom stereocenters. The van der Waals surface area contributed by atoms with Gasteiger partial charge in [-0.15, -0.1) is 0 Å². The van der Waals surface area contributed by atoms with Gasteiger partial charge in [0.25, 0.3) is 0 Å². The lowest BCUT2D eigenvalue weighted by Gasteiger charge is -2.26. The first kappa shape index (κ1) is 11.5. The molecule has 1 aliphatic heterocycles. The minimum atomic E-state index is -0.0924. The summed E-state index contributed by atoms with van der Waals surface area (Å²) in [6, 6.07) is 0. The highest BCUT2D eigenvalue weighted by atomic mass is 16.6. The molecular weight excluding hydrogens is 176 g/mol. The van der Waals surface area contributed by atoms with Gasteiger partial charge in [-0.2, -0.15) is 0 Å². The second-order valence-electron chi connectivity index (χ2n) is 4.32. The Hall–Kier alpha value is -0.530. The van der Waals surface area contributed by atoms with E-state index < -0.39 is 0 Å². The molecule has 0 radical (unpaired) electrons. The largest absolute Gasteiger partial charge is 0.459 e. The number of unbranched alkanes of at least 4 members (excludes halogenated alkanes) is 3. The van der Waals surface area contributed by atoms with Crippen molar-refractivity contribution in [2.75, 3.05) is 0 Å². The minimum Gasteiger partial charge on any atom is -0.459 e. The van der Waals surface area contributed by atoms with Crippen molar-refractivity contribution in [3.05, 3.63) is 0 Å². The van der Waals surface area contributed by atoms with E-state index in [1.165, 1.54) is 25.7 Å². The standard InChI is InChI=1S/C12H22O2/c1-3-5-6-7-9-12(4-2)10-8-11(13)14-12/h3-10H2,1-2H3. The number of ether oxygens (including phenoxy) is 1. The number of carbonyl (C=O) groups excluding carboxylic acids is 1. The van der Waals surface area contributed by atoms with Crippen LogP contribution in [0.5, 0.6) is 0 Å². The van der Waals surface area contributed by atoms with Crippen molar-refractivity contribution < 1.29 is 9.53 Å². The first-order valence-corrected chi connectivity index (χ1v) is 5.94. The molecule has 1 unspecified atom stereocenters. The fourth-order valence-electron chi connectivity index (χ4n) is 2.15. The van der Waals surface area contributed by atoms with Gasteiger partial charge in [-0.3, -0.25) is 4.79 Å². The number of rotatable bonds is 6. The van der Waals surface area contributed by atoms with Gasteiger partial charge in [0, 0.05) is 6.42 Å². The third kappa shape index (κ3) is 3.00. The normalized spacial score (nSPS) is 26.6. The highest BCUT2D eigenvalue weighted by Gasteiger charge is 2.37. The second kappa shape index (κ2) is 5.38. The molecule has 1 rings (SSSR count). The Morgan fingerprint density at radius 3 is 2.57 bits per heavy atom. The van der Waals surface area contributed by atoms with E-state index in [0.29, 0.717) is 6.42 Å². The Morgan fingerprint density at radius 1 is 1.29 bits per heavy atom. The van der Waals surface area contributed by atoms with E-state index in [4.69, 9.17) is 4.74 Å². The Kier molecular flexibility index (Phi) is 4.43. The average Bonchev–Trinajstić information content (AvgIpc) is 2.56. The molecule has 14 heavy (non-hydrogen) atoms. The first-order chi connectivity index (χ1) is 6.72. The maximum atomic E-state index is 11.1. The van der Waals surface area contributed by atoms with E-state index in [-0.39, 0.29) is 11.6 Å². The zero-order valence-corrected chi connectivity index (χ0v) is 9.47. The van der Waals surface area contributed by atoms with Gasteiger partial charge in [0.2, 0.25) is 0 Å². The predicted octanol–water partition coefficient (Wildman–Crippen LogP) is 3.44. The first-order valence-electron chi connectivity index (χ1n) is 5.94. The summed E-state index contributed by atoms with van der Waals surface area (Å²) in [6.45, 7) is 4.34. The van der Waals surface area contributed by atoms with Gasteiger partial charge < -0.3 is 4.74 Å². The zero-order chi connectivity index (χ0) is 10.4. The smallest absolute Gasteiger partial charge is 0.306 e. The molecule has 1 heterocycles. The van der Waals surface area contributed by atoms with Crippen LogP contribution in [0.1, 0.15) is 65.2 Å². The van der Waals surface area contributed by atoms with Crippen LogP contribution in [0.4, 0.5) is 0 Å². The molecule has 0 aromatic heterocycles. The van der Waals surface area contributed by atoms with Gasteiger partial charge in [0.05, 0.1) is 0 Å². The summed E-state index contributed by atoms with van der Waals surface area (Å²) in [4.78, 5) is 11.1.